The standard InChI is InChI=1S/C11H13BrN2OS/c1-8(11-14-3-5-16-11)6-13-7-10-9(12)2-4-15-10/h2-5,8,13H,6-7H2,1H3. The molecule has 0 spiro atoms. The molecular formula is C11H13BrN2OS. The van der Waals surface area contributed by atoms with Gasteiger partial charge in [0.15, 0.2) is 0 Å². The van der Waals surface area contributed by atoms with Crippen molar-refractivity contribution in [2.45, 2.75) is 19.4 Å². The monoisotopic (exact) mass is 300 g/mol. The number of thiazole rings is 1. The number of nitrogens with zero attached hydrogens (tertiary/aromatic N) is 1. The second kappa shape index (κ2) is 5.61. The largest absolute Gasteiger partial charge is 0.467 e. The molecule has 2 aromatic rings. The van der Waals surface area contributed by atoms with Gasteiger partial charge in [0.1, 0.15) is 5.76 Å². The van der Waals surface area contributed by atoms with Crippen LogP contribution >= 0.6 is 27.3 Å². The maximum atomic E-state index is 5.31. The number of hydrogen-bond acceptors (Lipinski definition) is 4. The maximum Gasteiger partial charge on any atom is 0.131 e. The lowest BCUT2D eigenvalue weighted by molar-refractivity contribution is 0.474. The molecule has 2 aromatic heterocycles. The molecule has 16 heavy (non-hydrogen) atoms. The van der Waals surface area contributed by atoms with Crippen LogP contribution in [-0.2, 0) is 6.54 Å². The molecule has 0 saturated heterocycles. The Morgan fingerprint density at radius 1 is 1.62 bits per heavy atom. The second-order valence-corrected chi connectivity index (χ2v) is 5.37. The fraction of sp³-hybridized carbons (Fsp3) is 0.364. The summed E-state index contributed by atoms with van der Waals surface area (Å²) in [7, 11) is 0. The zero-order valence-electron chi connectivity index (χ0n) is 8.94. The molecule has 3 nitrogen and oxygen atoms in total. The number of furan rings is 1. The summed E-state index contributed by atoms with van der Waals surface area (Å²) in [6, 6.07) is 1.90. The highest BCUT2D eigenvalue weighted by atomic mass is 79.9. The van der Waals surface area contributed by atoms with Gasteiger partial charge in [-0.25, -0.2) is 4.98 Å². The van der Waals surface area contributed by atoms with Gasteiger partial charge >= 0.3 is 0 Å². The van der Waals surface area contributed by atoms with Crippen molar-refractivity contribution in [3.63, 3.8) is 0 Å². The van der Waals surface area contributed by atoms with Crippen LogP contribution in [0, 0.1) is 0 Å². The first-order valence-electron chi connectivity index (χ1n) is 5.09. The topological polar surface area (TPSA) is 38.1 Å². The lowest BCUT2D eigenvalue weighted by atomic mass is 10.2. The summed E-state index contributed by atoms with van der Waals surface area (Å²) in [5, 5.41) is 6.54. The number of nitrogens with one attached hydrogen (secondary N) is 1. The maximum absolute atomic E-state index is 5.31. The van der Waals surface area contributed by atoms with Crippen LogP contribution in [-0.4, -0.2) is 11.5 Å². The van der Waals surface area contributed by atoms with Crippen LogP contribution in [0.2, 0.25) is 0 Å². The van der Waals surface area contributed by atoms with E-state index in [-0.39, 0.29) is 0 Å². The number of hydrogen-bond donors (Lipinski definition) is 1. The molecule has 5 heteroatoms. The van der Waals surface area contributed by atoms with Gasteiger partial charge in [-0.05, 0) is 22.0 Å². The molecule has 0 aliphatic heterocycles. The van der Waals surface area contributed by atoms with Crippen molar-refractivity contribution in [2.24, 2.45) is 0 Å². The summed E-state index contributed by atoms with van der Waals surface area (Å²) in [4.78, 5) is 4.30. The normalized spacial score (nSPS) is 12.9. The molecule has 0 saturated carbocycles. The van der Waals surface area contributed by atoms with Gasteiger partial charge < -0.3 is 9.73 Å². The first kappa shape index (κ1) is 11.8. The van der Waals surface area contributed by atoms with E-state index in [9.17, 15) is 0 Å². The Balaban J connectivity index is 1.78. The Labute approximate surface area is 107 Å². The van der Waals surface area contributed by atoms with Crippen molar-refractivity contribution in [3.05, 3.63) is 39.1 Å². The van der Waals surface area contributed by atoms with Crippen molar-refractivity contribution in [3.8, 4) is 0 Å². The Hall–Kier alpha value is -0.650. The molecule has 0 aliphatic rings. The molecule has 1 unspecified atom stereocenters. The van der Waals surface area contributed by atoms with Crippen molar-refractivity contribution in [2.75, 3.05) is 6.54 Å². The number of aromatic nitrogens is 1. The van der Waals surface area contributed by atoms with Crippen molar-refractivity contribution >= 4 is 27.3 Å². The Kier molecular flexibility index (Phi) is 4.15. The summed E-state index contributed by atoms with van der Waals surface area (Å²) in [6.07, 6.45) is 3.53. The van der Waals surface area contributed by atoms with Crippen LogP contribution in [0.5, 0.6) is 0 Å². The third kappa shape index (κ3) is 2.93. The van der Waals surface area contributed by atoms with E-state index in [4.69, 9.17) is 4.42 Å². The smallest absolute Gasteiger partial charge is 0.131 e. The fourth-order valence-electron chi connectivity index (χ4n) is 1.42. The van der Waals surface area contributed by atoms with Crippen LogP contribution < -0.4 is 5.32 Å². The zero-order valence-corrected chi connectivity index (χ0v) is 11.3. The average molecular weight is 301 g/mol. The SMILES string of the molecule is CC(CNCc1occc1Br)c1nccs1. The van der Waals surface area contributed by atoms with E-state index >= 15 is 0 Å². The summed E-state index contributed by atoms with van der Waals surface area (Å²) < 4.78 is 6.33. The number of halogens is 1. The van der Waals surface area contributed by atoms with Crippen LogP contribution in [0.1, 0.15) is 23.6 Å². The van der Waals surface area contributed by atoms with E-state index in [0.29, 0.717) is 5.92 Å². The van der Waals surface area contributed by atoms with Gasteiger partial charge in [-0.15, -0.1) is 11.3 Å². The minimum absolute atomic E-state index is 0.439. The highest BCUT2D eigenvalue weighted by Crippen LogP contribution is 2.19. The lowest BCUT2D eigenvalue weighted by Crippen LogP contribution is -2.19. The van der Waals surface area contributed by atoms with Crippen molar-refractivity contribution in [1.29, 1.82) is 0 Å². The van der Waals surface area contributed by atoms with Crippen molar-refractivity contribution < 1.29 is 4.42 Å². The van der Waals surface area contributed by atoms with Crippen LogP contribution in [0.15, 0.2) is 32.8 Å². The summed E-state index contributed by atoms with van der Waals surface area (Å²) >= 11 is 5.13. The predicted octanol–water partition coefficient (Wildman–Crippen LogP) is 3.39. The third-order valence-electron chi connectivity index (χ3n) is 2.30. The molecule has 86 valence electrons. The first-order valence-corrected chi connectivity index (χ1v) is 6.76. The molecule has 0 fully saturated rings. The van der Waals surface area contributed by atoms with Gasteiger partial charge in [0.05, 0.1) is 22.3 Å². The predicted molar refractivity (Wildman–Crippen MR) is 68.6 cm³/mol. The molecule has 0 bridgehead atoms. The van der Waals surface area contributed by atoms with Crippen LogP contribution in [0.25, 0.3) is 0 Å². The second-order valence-electron chi connectivity index (χ2n) is 3.59. The van der Waals surface area contributed by atoms with E-state index in [0.717, 1.165) is 23.3 Å². The Bertz CT molecular complexity index is 427. The van der Waals surface area contributed by atoms with Gasteiger partial charge in [0.25, 0.3) is 0 Å². The zero-order chi connectivity index (χ0) is 11.4. The molecule has 2 heterocycles. The molecule has 1 atom stereocenters. The minimum Gasteiger partial charge on any atom is -0.467 e. The van der Waals surface area contributed by atoms with Crippen LogP contribution in [0.3, 0.4) is 0 Å². The van der Waals surface area contributed by atoms with E-state index in [1.165, 1.54) is 5.01 Å². The van der Waals surface area contributed by atoms with E-state index in [1.54, 1.807) is 17.6 Å². The highest BCUT2D eigenvalue weighted by Gasteiger charge is 2.08. The molecular weight excluding hydrogens is 288 g/mol. The molecule has 0 aromatic carbocycles. The van der Waals surface area contributed by atoms with E-state index in [2.05, 4.69) is 33.2 Å². The lowest BCUT2D eigenvalue weighted by Gasteiger charge is -2.08. The first-order chi connectivity index (χ1) is 7.77. The van der Waals surface area contributed by atoms with Crippen molar-refractivity contribution in [1.82, 2.24) is 10.3 Å². The van der Waals surface area contributed by atoms with Gasteiger partial charge in [-0.1, -0.05) is 6.92 Å². The summed E-state index contributed by atoms with van der Waals surface area (Å²) in [5.41, 5.74) is 0. The fourth-order valence-corrected chi connectivity index (χ4v) is 2.46. The number of rotatable bonds is 5. The van der Waals surface area contributed by atoms with E-state index < -0.39 is 0 Å². The molecule has 2 rings (SSSR count). The molecule has 1 N–H and O–H groups in total. The highest BCUT2D eigenvalue weighted by molar-refractivity contribution is 9.10. The summed E-state index contributed by atoms with van der Waals surface area (Å²) in [5.74, 6) is 1.38. The molecule has 0 aliphatic carbocycles. The third-order valence-corrected chi connectivity index (χ3v) is 4.01. The van der Waals surface area contributed by atoms with Gasteiger partial charge in [0, 0.05) is 24.0 Å². The van der Waals surface area contributed by atoms with Gasteiger partial charge in [-0.3, -0.25) is 0 Å². The van der Waals surface area contributed by atoms with Gasteiger partial charge in [-0.2, -0.15) is 0 Å². The van der Waals surface area contributed by atoms with E-state index in [1.807, 2.05) is 17.6 Å². The van der Waals surface area contributed by atoms with Gasteiger partial charge in [0.2, 0.25) is 0 Å². The Morgan fingerprint density at radius 2 is 2.50 bits per heavy atom. The average Bonchev–Trinajstić information content (AvgIpc) is 2.90. The summed E-state index contributed by atoms with van der Waals surface area (Å²) in [6.45, 7) is 3.81. The molecule has 0 amide bonds. The molecule has 0 radical (unpaired) electrons. The van der Waals surface area contributed by atoms with Crippen LogP contribution in [0.4, 0.5) is 0 Å². The Morgan fingerprint density at radius 3 is 3.12 bits per heavy atom. The quantitative estimate of drug-likeness (QED) is 0.920. The minimum atomic E-state index is 0.439.